The summed E-state index contributed by atoms with van der Waals surface area (Å²) in [5.41, 5.74) is 6.84. The van der Waals surface area contributed by atoms with Crippen molar-refractivity contribution in [1.29, 1.82) is 0 Å². The van der Waals surface area contributed by atoms with Crippen molar-refractivity contribution in [3.05, 3.63) is 4.88 Å². The van der Waals surface area contributed by atoms with Gasteiger partial charge in [0, 0.05) is 13.0 Å². The van der Waals surface area contributed by atoms with Gasteiger partial charge >= 0.3 is 0 Å². The Morgan fingerprint density at radius 2 is 2.22 bits per heavy atom. The number of hydrogen-bond acceptors (Lipinski definition) is 5. The summed E-state index contributed by atoms with van der Waals surface area (Å²) in [6.07, 6.45) is 2.97. The van der Waals surface area contributed by atoms with Gasteiger partial charge in [0.05, 0.1) is 17.7 Å². The van der Waals surface area contributed by atoms with Gasteiger partial charge in [0.25, 0.3) is 0 Å². The van der Waals surface area contributed by atoms with Gasteiger partial charge in [-0.3, -0.25) is 4.79 Å². The Bertz CT molecular complexity index is 464. The van der Waals surface area contributed by atoms with E-state index in [2.05, 4.69) is 12.2 Å². The molecule has 1 aliphatic carbocycles. The van der Waals surface area contributed by atoms with Crippen molar-refractivity contribution in [3.8, 4) is 5.75 Å². The van der Waals surface area contributed by atoms with E-state index in [-0.39, 0.29) is 5.78 Å². The van der Waals surface area contributed by atoms with Crippen molar-refractivity contribution < 1.29 is 9.53 Å². The molecule has 1 heterocycles. The number of hydrogen-bond donors (Lipinski definition) is 2. The van der Waals surface area contributed by atoms with Crippen LogP contribution >= 0.6 is 11.3 Å². The first-order valence-corrected chi connectivity index (χ1v) is 7.05. The first-order chi connectivity index (χ1) is 8.50. The number of rotatable bonds is 6. The molecule has 4 nitrogen and oxygen atoms in total. The molecule has 1 aromatic heterocycles. The second-order valence-electron chi connectivity index (χ2n) is 5.15. The molecule has 2 rings (SSSR count). The lowest BCUT2D eigenvalue weighted by Gasteiger charge is -2.11. The highest BCUT2D eigenvalue weighted by atomic mass is 32.1. The fourth-order valence-electron chi connectivity index (χ4n) is 1.80. The number of ether oxygens (including phenoxy) is 1. The summed E-state index contributed by atoms with van der Waals surface area (Å²) >= 11 is 1.40. The third-order valence-corrected chi connectivity index (χ3v) is 4.64. The molecule has 0 saturated heterocycles. The van der Waals surface area contributed by atoms with Crippen LogP contribution in [0.4, 0.5) is 10.7 Å². The van der Waals surface area contributed by atoms with Gasteiger partial charge in [-0.25, -0.2) is 0 Å². The molecule has 1 aromatic rings. The number of nitrogen functional groups attached to an aromatic ring is 1. The molecule has 1 fully saturated rings. The van der Waals surface area contributed by atoms with Gasteiger partial charge in [-0.2, -0.15) is 0 Å². The summed E-state index contributed by atoms with van der Waals surface area (Å²) in [6, 6.07) is 0. The van der Waals surface area contributed by atoms with Crippen LogP contribution in [0.1, 0.15) is 42.8 Å². The lowest BCUT2D eigenvalue weighted by atomic mass is 10.1. The van der Waals surface area contributed by atoms with E-state index in [1.807, 2.05) is 6.92 Å². The van der Waals surface area contributed by atoms with Crippen LogP contribution in [0.2, 0.25) is 0 Å². The molecule has 0 spiro atoms. The number of carbonyl (C=O) groups excluding carboxylic acids is 1. The number of Topliss-reactive ketones (excluding diaryl/α,β-unsaturated/α-hetero) is 1. The van der Waals surface area contributed by atoms with Crippen LogP contribution in [0.3, 0.4) is 0 Å². The molecule has 0 atom stereocenters. The fraction of sp³-hybridized carbons (Fsp3) is 0.615. The molecular formula is C13H20N2O2S. The minimum Gasteiger partial charge on any atom is -0.492 e. The second kappa shape index (κ2) is 4.80. The zero-order valence-corrected chi connectivity index (χ0v) is 11.9. The van der Waals surface area contributed by atoms with Crippen LogP contribution in [-0.2, 0) is 0 Å². The molecule has 18 heavy (non-hydrogen) atoms. The molecule has 100 valence electrons. The molecular weight excluding hydrogens is 248 g/mol. The number of carbonyl (C=O) groups is 1. The molecule has 0 bridgehead atoms. The van der Waals surface area contributed by atoms with E-state index in [9.17, 15) is 4.79 Å². The highest BCUT2D eigenvalue weighted by Gasteiger charge is 2.37. The summed E-state index contributed by atoms with van der Waals surface area (Å²) in [5, 5.41) is 4.24. The number of nitrogens with one attached hydrogen (secondary N) is 1. The Kier molecular flexibility index (Phi) is 3.52. The topological polar surface area (TPSA) is 64.3 Å². The number of nitrogens with two attached hydrogens (primary N) is 1. The van der Waals surface area contributed by atoms with Gasteiger partial charge < -0.3 is 15.8 Å². The Hall–Kier alpha value is -1.23. The van der Waals surface area contributed by atoms with E-state index in [1.165, 1.54) is 24.2 Å². The number of ketones is 1. The second-order valence-corrected chi connectivity index (χ2v) is 6.17. The molecule has 0 aliphatic heterocycles. The van der Waals surface area contributed by atoms with Gasteiger partial charge in [0.15, 0.2) is 11.5 Å². The molecule has 1 aliphatic rings. The maximum Gasteiger partial charge on any atom is 0.176 e. The minimum atomic E-state index is 0.0708. The largest absolute Gasteiger partial charge is 0.492 e. The molecule has 0 aromatic carbocycles. The van der Waals surface area contributed by atoms with Crippen molar-refractivity contribution in [1.82, 2.24) is 0 Å². The van der Waals surface area contributed by atoms with Crippen molar-refractivity contribution in [3.63, 3.8) is 0 Å². The maximum atomic E-state index is 11.8. The predicted octanol–water partition coefficient (Wildman–Crippen LogP) is 3.14. The van der Waals surface area contributed by atoms with Crippen molar-refractivity contribution >= 4 is 27.8 Å². The Labute approximate surface area is 112 Å². The van der Waals surface area contributed by atoms with Crippen molar-refractivity contribution in [2.45, 2.75) is 33.1 Å². The van der Waals surface area contributed by atoms with Crippen LogP contribution in [0.25, 0.3) is 0 Å². The zero-order valence-electron chi connectivity index (χ0n) is 11.1. The lowest BCUT2D eigenvalue weighted by molar-refractivity contribution is 0.0992. The molecule has 0 unspecified atom stereocenters. The van der Waals surface area contributed by atoms with E-state index in [0.717, 1.165) is 11.5 Å². The van der Waals surface area contributed by atoms with Crippen molar-refractivity contribution in [2.24, 2.45) is 5.41 Å². The zero-order chi connectivity index (χ0) is 13.3. The summed E-state index contributed by atoms with van der Waals surface area (Å²) < 4.78 is 5.31. The first-order valence-electron chi connectivity index (χ1n) is 6.24. The summed E-state index contributed by atoms with van der Waals surface area (Å²) in [4.78, 5) is 12.4. The van der Waals surface area contributed by atoms with Gasteiger partial charge in [-0.1, -0.05) is 13.8 Å². The summed E-state index contributed by atoms with van der Waals surface area (Å²) in [5.74, 6) is 0.683. The smallest absolute Gasteiger partial charge is 0.176 e. The number of methoxy groups -OCH3 is 1. The van der Waals surface area contributed by atoms with Crippen LogP contribution < -0.4 is 15.8 Å². The van der Waals surface area contributed by atoms with Crippen LogP contribution in [0.15, 0.2) is 0 Å². The van der Waals surface area contributed by atoms with Crippen LogP contribution in [0.5, 0.6) is 5.75 Å². The van der Waals surface area contributed by atoms with Gasteiger partial charge in [-0.05, 0) is 18.3 Å². The summed E-state index contributed by atoms with van der Waals surface area (Å²) in [6.45, 7) is 5.00. The highest BCUT2D eigenvalue weighted by Crippen LogP contribution is 2.47. The van der Waals surface area contributed by atoms with Crippen LogP contribution in [-0.4, -0.2) is 19.4 Å². The Morgan fingerprint density at radius 3 is 2.72 bits per heavy atom. The fourth-order valence-corrected chi connectivity index (χ4v) is 2.89. The van der Waals surface area contributed by atoms with Gasteiger partial charge in [0.1, 0.15) is 5.00 Å². The first kappa shape index (κ1) is 13.2. The third kappa shape index (κ3) is 2.46. The monoisotopic (exact) mass is 268 g/mol. The van der Waals surface area contributed by atoms with E-state index < -0.39 is 0 Å². The summed E-state index contributed by atoms with van der Waals surface area (Å²) in [7, 11) is 1.59. The van der Waals surface area contributed by atoms with Crippen molar-refractivity contribution in [2.75, 3.05) is 24.7 Å². The number of anilines is 2. The van der Waals surface area contributed by atoms with Gasteiger partial charge in [0.2, 0.25) is 0 Å². The maximum absolute atomic E-state index is 11.8. The van der Waals surface area contributed by atoms with Gasteiger partial charge in [-0.15, -0.1) is 11.3 Å². The normalized spacial score (nSPS) is 16.4. The molecule has 3 N–H and O–H groups in total. The molecule has 0 radical (unpaired) electrons. The van der Waals surface area contributed by atoms with E-state index in [1.54, 1.807) is 7.11 Å². The Balaban J connectivity index is 2.20. The van der Waals surface area contributed by atoms with E-state index in [0.29, 0.717) is 28.1 Å². The average Bonchev–Trinajstić information content (AvgIpc) is 3.00. The third-order valence-electron chi connectivity index (χ3n) is 3.46. The minimum absolute atomic E-state index is 0.0708. The van der Waals surface area contributed by atoms with E-state index >= 15 is 0 Å². The highest BCUT2D eigenvalue weighted by molar-refractivity contribution is 7.19. The van der Waals surface area contributed by atoms with E-state index in [4.69, 9.17) is 10.5 Å². The average molecular weight is 268 g/mol. The molecule has 0 amide bonds. The molecule has 1 saturated carbocycles. The Morgan fingerprint density at radius 1 is 1.56 bits per heavy atom. The lowest BCUT2D eigenvalue weighted by Crippen LogP contribution is -2.11. The molecule has 5 heteroatoms. The SMILES string of the molecule is CCC(=O)c1sc(NCC2(C)CC2)c(OC)c1N. The predicted molar refractivity (Wildman–Crippen MR) is 75.7 cm³/mol. The quantitative estimate of drug-likeness (QED) is 0.778. The van der Waals surface area contributed by atoms with Crippen LogP contribution in [0, 0.1) is 5.41 Å². The number of thiophene rings is 1. The standard InChI is InChI=1S/C13H20N2O2S/c1-4-8(16)11-9(14)10(17-3)12(18-11)15-7-13(2)5-6-13/h15H,4-7,14H2,1-3H3.